The van der Waals surface area contributed by atoms with Crippen LogP contribution in [0.1, 0.15) is 24.9 Å². The Morgan fingerprint density at radius 2 is 2.23 bits per heavy atom. The van der Waals surface area contributed by atoms with E-state index in [9.17, 15) is 0 Å². The van der Waals surface area contributed by atoms with Crippen LogP contribution in [0.4, 0.5) is 0 Å². The van der Waals surface area contributed by atoms with E-state index in [0.717, 1.165) is 12.2 Å². The van der Waals surface area contributed by atoms with Crippen LogP contribution in [0.5, 0.6) is 5.75 Å². The highest BCUT2D eigenvalue weighted by Gasteiger charge is 2.06. The average molecular weight is 179 g/mol. The van der Waals surface area contributed by atoms with E-state index in [1.54, 1.807) is 7.11 Å². The second-order valence-corrected chi connectivity index (χ2v) is 3.03. The van der Waals surface area contributed by atoms with E-state index in [0.29, 0.717) is 6.04 Å². The molecule has 0 heterocycles. The zero-order valence-corrected chi connectivity index (χ0v) is 8.50. The first-order chi connectivity index (χ1) is 6.31. The SMILES string of the molecule is CCC(NC)c1cccc(OC)c1. The highest BCUT2D eigenvalue weighted by Crippen LogP contribution is 2.20. The Morgan fingerprint density at radius 3 is 2.77 bits per heavy atom. The van der Waals surface area contributed by atoms with Gasteiger partial charge in [-0.1, -0.05) is 19.1 Å². The van der Waals surface area contributed by atoms with Crippen molar-refractivity contribution in [2.75, 3.05) is 14.2 Å². The van der Waals surface area contributed by atoms with Crippen LogP contribution in [-0.2, 0) is 0 Å². The summed E-state index contributed by atoms with van der Waals surface area (Å²) in [5.41, 5.74) is 1.28. The van der Waals surface area contributed by atoms with Gasteiger partial charge in [-0.3, -0.25) is 0 Å². The maximum Gasteiger partial charge on any atom is 0.119 e. The minimum absolute atomic E-state index is 0.426. The molecule has 1 atom stereocenters. The molecule has 72 valence electrons. The summed E-state index contributed by atoms with van der Waals surface area (Å²) in [6, 6.07) is 8.60. The van der Waals surface area contributed by atoms with Crippen molar-refractivity contribution in [3.63, 3.8) is 0 Å². The number of hydrogen-bond donors (Lipinski definition) is 1. The molecular weight excluding hydrogens is 162 g/mol. The third-order valence-corrected chi connectivity index (χ3v) is 2.25. The third-order valence-electron chi connectivity index (χ3n) is 2.25. The number of nitrogens with one attached hydrogen (secondary N) is 1. The predicted molar refractivity (Wildman–Crippen MR) is 55.1 cm³/mol. The molecule has 0 saturated heterocycles. The average Bonchev–Trinajstić information content (AvgIpc) is 2.20. The Kier molecular flexibility index (Phi) is 3.77. The molecule has 0 bridgehead atoms. The van der Waals surface area contributed by atoms with Gasteiger partial charge < -0.3 is 10.1 Å². The van der Waals surface area contributed by atoms with Gasteiger partial charge in [-0.25, -0.2) is 0 Å². The Morgan fingerprint density at radius 1 is 1.46 bits per heavy atom. The molecule has 0 radical (unpaired) electrons. The number of benzene rings is 1. The lowest BCUT2D eigenvalue weighted by molar-refractivity contribution is 0.413. The highest BCUT2D eigenvalue weighted by molar-refractivity contribution is 5.30. The van der Waals surface area contributed by atoms with Crippen molar-refractivity contribution < 1.29 is 4.74 Å². The van der Waals surface area contributed by atoms with E-state index in [4.69, 9.17) is 4.74 Å². The zero-order chi connectivity index (χ0) is 9.68. The molecule has 13 heavy (non-hydrogen) atoms. The molecule has 2 nitrogen and oxygen atoms in total. The molecular formula is C11H17NO. The number of methoxy groups -OCH3 is 1. The van der Waals surface area contributed by atoms with Crippen molar-refractivity contribution in [3.05, 3.63) is 29.8 Å². The minimum Gasteiger partial charge on any atom is -0.497 e. The Bertz CT molecular complexity index is 256. The maximum absolute atomic E-state index is 5.17. The lowest BCUT2D eigenvalue weighted by Crippen LogP contribution is -2.14. The third kappa shape index (κ3) is 2.46. The van der Waals surface area contributed by atoms with Gasteiger partial charge in [-0.15, -0.1) is 0 Å². The molecule has 0 spiro atoms. The normalized spacial score (nSPS) is 12.5. The minimum atomic E-state index is 0.426. The summed E-state index contributed by atoms with van der Waals surface area (Å²) >= 11 is 0. The summed E-state index contributed by atoms with van der Waals surface area (Å²) in [4.78, 5) is 0. The Balaban J connectivity index is 2.86. The van der Waals surface area contributed by atoms with Gasteiger partial charge in [-0.05, 0) is 31.2 Å². The molecule has 1 aromatic rings. The van der Waals surface area contributed by atoms with Crippen molar-refractivity contribution in [1.82, 2.24) is 5.32 Å². The van der Waals surface area contributed by atoms with Crippen molar-refractivity contribution in [2.45, 2.75) is 19.4 Å². The van der Waals surface area contributed by atoms with Crippen LogP contribution in [-0.4, -0.2) is 14.2 Å². The van der Waals surface area contributed by atoms with Crippen LogP contribution in [0.2, 0.25) is 0 Å². The molecule has 1 aromatic carbocycles. The molecule has 0 amide bonds. The van der Waals surface area contributed by atoms with Crippen LogP contribution in [0.25, 0.3) is 0 Å². The number of ether oxygens (including phenoxy) is 1. The first-order valence-corrected chi connectivity index (χ1v) is 4.63. The predicted octanol–water partition coefficient (Wildman–Crippen LogP) is 2.37. The summed E-state index contributed by atoms with van der Waals surface area (Å²) in [6.45, 7) is 2.17. The highest BCUT2D eigenvalue weighted by atomic mass is 16.5. The fourth-order valence-corrected chi connectivity index (χ4v) is 1.46. The van der Waals surface area contributed by atoms with Gasteiger partial charge in [0.25, 0.3) is 0 Å². The summed E-state index contributed by atoms with van der Waals surface area (Å²) in [6.07, 6.45) is 1.09. The smallest absolute Gasteiger partial charge is 0.119 e. The number of rotatable bonds is 4. The fraction of sp³-hybridized carbons (Fsp3) is 0.455. The largest absolute Gasteiger partial charge is 0.497 e. The fourth-order valence-electron chi connectivity index (χ4n) is 1.46. The summed E-state index contributed by atoms with van der Waals surface area (Å²) < 4.78 is 5.17. The zero-order valence-electron chi connectivity index (χ0n) is 8.50. The van der Waals surface area contributed by atoms with Crippen molar-refractivity contribution in [1.29, 1.82) is 0 Å². The molecule has 1 rings (SSSR count). The molecule has 0 aromatic heterocycles. The van der Waals surface area contributed by atoms with Crippen LogP contribution in [0.3, 0.4) is 0 Å². The second kappa shape index (κ2) is 4.87. The molecule has 1 unspecified atom stereocenters. The standard InChI is InChI=1S/C11H17NO/c1-4-11(12-2)9-6-5-7-10(8-9)13-3/h5-8,11-12H,4H2,1-3H3. The lowest BCUT2D eigenvalue weighted by Gasteiger charge is -2.14. The molecule has 1 N–H and O–H groups in total. The first kappa shape index (κ1) is 10.1. The van der Waals surface area contributed by atoms with Crippen LogP contribution < -0.4 is 10.1 Å². The molecule has 0 fully saturated rings. The van der Waals surface area contributed by atoms with Crippen LogP contribution in [0, 0.1) is 0 Å². The van der Waals surface area contributed by atoms with Gasteiger partial charge in [0.2, 0.25) is 0 Å². The van der Waals surface area contributed by atoms with Gasteiger partial charge in [0.1, 0.15) is 5.75 Å². The Labute approximate surface area is 79.9 Å². The van der Waals surface area contributed by atoms with E-state index in [1.165, 1.54) is 5.56 Å². The van der Waals surface area contributed by atoms with E-state index in [2.05, 4.69) is 24.4 Å². The van der Waals surface area contributed by atoms with Crippen molar-refractivity contribution in [3.8, 4) is 5.75 Å². The Hall–Kier alpha value is -1.02. The van der Waals surface area contributed by atoms with E-state index >= 15 is 0 Å². The van der Waals surface area contributed by atoms with Crippen molar-refractivity contribution >= 4 is 0 Å². The van der Waals surface area contributed by atoms with Gasteiger partial charge in [0.15, 0.2) is 0 Å². The maximum atomic E-state index is 5.17. The second-order valence-electron chi connectivity index (χ2n) is 3.03. The molecule has 2 heteroatoms. The lowest BCUT2D eigenvalue weighted by atomic mass is 10.0. The van der Waals surface area contributed by atoms with E-state index in [-0.39, 0.29) is 0 Å². The van der Waals surface area contributed by atoms with Crippen LogP contribution >= 0.6 is 0 Å². The molecule has 0 saturated carbocycles. The van der Waals surface area contributed by atoms with Gasteiger partial charge >= 0.3 is 0 Å². The summed E-state index contributed by atoms with van der Waals surface area (Å²) in [7, 11) is 3.67. The van der Waals surface area contributed by atoms with Crippen molar-refractivity contribution in [2.24, 2.45) is 0 Å². The molecule has 0 aliphatic carbocycles. The van der Waals surface area contributed by atoms with Gasteiger partial charge in [-0.2, -0.15) is 0 Å². The molecule has 0 aliphatic rings. The van der Waals surface area contributed by atoms with E-state index in [1.807, 2.05) is 19.2 Å². The van der Waals surface area contributed by atoms with E-state index < -0.39 is 0 Å². The topological polar surface area (TPSA) is 21.3 Å². The molecule has 0 aliphatic heterocycles. The quantitative estimate of drug-likeness (QED) is 0.766. The van der Waals surface area contributed by atoms with Gasteiger partial charge in [0.05, 0.1) is 7.11 Å². The van der Waals surface area contributed by atoms with Crippen LogP contribution in [0.15, 0.2) is 24.3 Å². The monoisotopic (exact) mass is 179 g/mol. The summed E-state index contributed by atoms with van der Waals surface area (Å²) in [5.74, 6) is 0.922. The summed E-state index contributed by atoms with van der Waals surface area (Å²) in [5, 5.41) is 3.26. The first-order valence-electron chi connectivity index (χ1n) is 4.63. The van der Waals surface area contributed by atoms with Gasteiger partial charge in [0, 0.05) is 6.04 Å². The number of hydrogen-bond acceptors (Lipinski definition) is 2.